The van der Waals surface area contributed by atoms with Crippen LogP contribution in [0, 0.1) is 5.92 Å². The minimum absolute atomic E-state index is 0.206. The van der Waals surface area contributed by atoms with Crippen molar-refractivity contribution in [2.75, 3.05) is 13.1 Å². The molecular weight excluding hydrogens is 398 g/mol. The van der Waals surface area contributed by atoms with E-state index in [-0.39, 0.29) is 12.1 Å². The number of aryl methyl sites for hydroxylation is 1. The Hall–Kier alpha value is -1.56. The fourth-order valence-corrected chi connectivity index (χ4v) is 4.16. The van der Waals surface area contributed by atoms with E-state index in [1.54, 1.807) is 0 Å². The normalized spacial score (nSPS) is 17.8. The molecule has 26 heavy (non-hydrogen) atoms. The first kappa shape index (κ1) is 19.2. The van der Waals surface area contributed by atoms with Crippen LogP contribution in [-0.2, 0) is 22.5 Å². The first-order valence-corrected chi connectivity index (χ1v) is 9.99. The number of piperidine rings is 1. The van der Waals surface area contributed by atoms with E-state index in [9.17, 15) is 9.59 Å². The quantitative estimate of drug-likeness (QED) is 0.661. The van der Waals surface area contributed by atoms with E-state index in [2.05, 4.69) is 15.9 Å². The zero-order valence-electron chi connectivity index (χ0n) is 15.6. The number of benzene rings is 1. The Morgan fingerprint density at radius 3 is 2.65 bits per heavy atom. The van der Waals surface area contributed by atoms with Gasteiger partial charge in [0.2, 0.25) is 0 Å². The molecule has 0 spiro atoms. The average molecular weight is 424 g/mol. The largest absolute Gasteiger partial charge is 0.457 e. The van der Waals surface area contributed by atoms with E-state index in [1.807, 2.05) is 37.8 Å². The maximum atomic E-state index is 12.1. The Morgan fingerprint density at radius 1 is 1.31 bits per heavy atom. The van der Waals surface area contributed by atoms with Gasteiger partial charge in [-0.25, -0.2) is 9.59 Å². The van der Waals surface area contributed by atoms with E-state index in [4.69, 9.17) is 9.47 Å². The summed E-state index contributed by atoms with van der Waals surface area (Å²) in [5.74, 6) is 0.369. The van der Waals surface area contributed by atoms with Crippen molar-refractivity contribution in [2.24, 2.45) is 5.92 Å². The molecule has 0 aromatic heterocycles. The van der Waals surface area contributed by atoms with Crippen LogP contribution >= 0.6 is 15.9 Å². The lowest BCUT2D eigenvalue weighted by Crippen LogP contribution is -2.41. The molecular formula is C20H26BrNO4. The molecule has 1 aromatic carbocycles. The van der Waals surface area contributed by atoms with Crippen molar-refractivity contribution in [3.05, 3.63) is 33.3 Å². The minimum Gasteiger partial charge on any atom is -0.457 e. The van der Waals surface area contributed by atoms with Gasteiger partial charge in [0.05, 0.1) is 5.56 Å². The highest BCUT2D eigenvalue weighted by Gasteiger charge is 2.28. The van der Waals surface area contributed by atoms with Crippen LogP contribution < -0.4 is 0 Å². The van der Waals surface area contributed by atoms with Crippen molar-refractivity contribution in [3.8, 4) is 0 Å². The second-order valence-corrected chi connectivity index (χ2v) is 8.88. The van der Waals surface area contributed by atoms with Crippen molar-refractivity contribution in [3.63, 3.8) is 0 Å². The number of carbonyl (C=O) groups is 2. The Kier molecular flexibility index (Phi) is 5.61. The lowest BCUT2D eigenvalue weighted by atomic mass is 9.90. The van der Waals surface area contributed by atoms with E-state index < -0.39 is 5.60 Å². The van der Waals surface area contributed by atoms with Crippen LogP contribution in [-0.4, -0.2) is 35.7 Å². The second-order valence-electron chi connectivity index (χ2n) is 8.09. The highest BCUT2D eigenvalue weighted by atomic mass is 79.9. The molecule has 0 N–H and O–H groups in total. The molecule has 0 unspecified atom stereocenters. The lowest BCUT2D eigenvalue weighted by Gasteiger charge is -2.33. The highest BCUT2D eigenvalue weighted by molar-refractivity contribution is 9.10. The summed E-state index contributed by atoms with van der Waals surface area (Å²) in [6.07, 6.45) is 3.84. The van der Waals surface area contributed by atoms with Crippen molar-refractivity contribution >= 4 is 28.0 Å². The van der Waals surface area contributed by atoms with Crippen LogP contribution in [0.15, 0.2) is 16.6 Å². The minimum atomic E-state index is -0.446. The molecule has 1 amide bonds. The summed E-state index contributed by atoms with van der Waals surface area (Å²) >= 11 is 3.64. The monoisotopic (exact) mass is 423 g/mol. The number of hydrogen-bond acceptors (Lipinski definition) is 4. The number of halogens is 1. The lowest BCUT2D eigenvalue weighted by molar-refractivity contribution is 0.0181. The third-order valence-corrected chi connectivity index (χ3v) is 5.97. The second kappa shape index (κ2) is 7.59. The average Bonchev–Trinajstić information content (AvgIpc) is 2.95. The highest BCUT2D eigenvalue weighted by Crippen LogP contribution is 2.33. The molecule has 2 aliphatic heterocycles. The van der Waals surface area contributed by atoms with Crippen molar-refractivity contribution < 1.29 is 19.1 Å². The third-order valence-electron chi connectivity index (χ3n) is 4.98. The summed E-state index contributed by atoms with van der Waals surface area (Å²) in [5.41, 5.74) is 2.41. The summed E-state index contributed by atoms with van der Waals surface area (Å²) in [5, 5.41) is 0. The molecule has 1 aromatic rings. The van der Waals surface area contributed by atoms with Gasteiger partial charge in [0.15, 0.2) is 0 Å². The molecule has 6 heteroatoms. The van der Waals surface area contributed by atoms with Crippen LogP contribution in [0.1, 0.15) is 61.5 Å². The van der Waals surface area contributed by atoms with Crippen LogP contribution in [0.3, 0.4) is 0 Å². The number of cyclic esters (lactones) is 1. The number of hydrogen-bond donors (Lipinski definition) is 0. The van der Waals surface area contributed by atoms with Crippen molar-refractivity contribution in [2.45, 2.75) is 58.7 Å². The molecule has 0 atom stereocenters. The van der Waals surface area contributed by atoms with Crippen LogP contribution in [0.4, 0.5) is 4.79 Å². The van der Waals surface area contributed by atoms with Crippen molar-refractivity contribution in [1.82, 2.24) is 4.90 Å². The van der Waals surface area contributed by atoms with Gasteiger partial charge in [-0.2, -0.15) is 0 Å². The number of amides is 1. The maximum absolute atomic E-state index is 12.1. The van der Waals surface area contributed by atoms with E-state index >= 15 is 0 Å². The molecule has 0 saturated carbocycles. The standard InChI is InChI=1S/C20H26BrNO4/c1-20(2,3)26-19(24)22-10-8-13(9-11-22)4-5-14-6-7-15-16(17(14)21)12-25-18(15)23/h6-7,13H,4-5,8-12H2,1-3H3. The zero-order valence-corrected chi connectivity index (χ0v) is 17.2. The molecule has 0 bridgehead atoms. The molecule has 1 fully saturated rings. The van der Waals surface area contributed by atoms with Crippen LogP contribution in [0.25, 0.3) is 0 Å². The predicted molar refractivity (Wildman–Crippen MR) is 102 cm³/mol. The number of ether oxygens (including phenoxy) is 2. The number of carbonyl (C=O) groups excluding carboxylic acids is 2. The van der Waals surface area contributed by atoms with E-state index in [0.29, 0.717) is 18.1 Å². The van der Waals surface area contributed by atoms with Gasteiger partial charge in [0.1, 0.15) is 12.2 Å². The SMILES string of the molecule is CC(C)(C)OC(=O)N1CCC(CCc2ccc3c(c2Br)COC3=O)CC1. The zero-order chi connectivity index (χ0) is 18.9. The van der Waals surface area contributed by atoms with Gasteiger partial charge in [0, 0.05) is 23.1 Å². The Balaban J connectivity index is 1.50. The Morgan fingerprint density at radius 2 is 2.00 bits per heavy atom. The van der Waals surface area contributed by atoms with Gasteiger partial charge < -0.3 is 14.4 Å². The van der Waals surface area contributed by atoms with Gasteiger partial charge in [-0.3, -0.25) is 0 Å². The molecule has 142 valence electrons. The summed E-state index contributed by atoms with van der Waals surface area (Å²) < 4.78 is 11.6. The summed E-state index contributed by atoms with van der Waals surface area (Å²) in [6, 6.07) is 3.89. The molecule has 5 nitrogen and oxygen atoms in total. The molecule has 2 aliphatic rings. The van der Waals surface area contributed by atoms with Gasteiger partial charge in [0.25, 0.3) is 0 Å². The van der Waals surface area contributed by atoms with Crippen LogP contribution in [0.2, 0.25) is 0 Å². The molecule has 0 aliphatic carbocycles. The molecule has 3 rings (SSSR count). The first-order chi connectivity index (χ1) is 12.2. The topological polar surface area (TPSA) is 55.8 Å². The van der Waals surface area contributed by atoms with Gasteiger partial charge in [-0.05, 0) is 64.0 Å². The van der Waals surface area contributed by atoms with E-state index in [0.717, 1.165) is 48.8 Å². The first-order valence-electron chi connectivity index (χ1n) is 9.20. The number of rotatable bonds is 3. The summed E-state index contributed by atoms with van der Waals surface area (Å²) in [4.78, 5) is 25.6. The Bertz CT molecular complexity index is 702. The number of esters is 1. The maximum Gasteiger partial charge on any atom is 0.410 e. The number of likely N-dealkylation sites (tertiary alicyclic amines) is 1. The smallest absolute Gasteiger partial charge is 0.410 e. The fraction of sp³-hybridized carbons (Fsp3) is 0.600. The van der Waals surface area contributed by atoms with Gasteiger partial charge >= 0.3 is 12.1 Å². The van der Waals surface area contributed by atoms with E-state index in [1.165, 1.54) is 5.56 Å². The third kappa shape index (κ3) is 4.40. The number of fused-ring (bicyclic) bond motifs is 1. The Labute approximate surface area is 163 Å². The van der Waals surface area contributed by atoms with Gasteiger partial charge in [-0.15, -0.1) is 0 Å². The molecule has 1 saturated heterocycles. The fourth-order valence-electron chi connectivity index (χ4n) is 3.50. The van der Waals surface area contributed by atoms with Crippen molar-refractivity contribution in [1.29, 1.82) is 0 Å². The molecule has 2 heterocycles. The molecule has 0 radical (unpaired) electrons. The summed E-state index contributed by atoms with van der Waals surface area (Å²) in [6.45, 7) is 7.55. The van der Waals surface area contributed by atoms with Crippen LogP contribution in [0.5, 0.6) is 0 Å². The summed E-state index contributed by atoms with van der Waals surface area (Å²) in [7, 11) is 0. The predicted octanol–water partition coefficient (Wildman–Crippen LogP) is 4.70. The number of nitrogens with zero attached hydrogens (tertiary/aromatic N) is 1. The van der Waals surface area contributed by atoms with Gasteiger partial charge in [-0.1, -0.05) is 22.0 Å².